The van der Waals surface area contributed by atoms with Crippen LogP contribution in [0.4, 0.5) is 0 Å². The summed E-state index contributed by atoms with van der Waals surface area (Å²) in [6.45, 7) is 2.83. The summed E-state index contributed by atoms with van der Waals surface area (Å²) in [5.41, 5.74) is 1.13. The van der Waals surface area contributed by atoms with E-state index in [0.29, 0.717) is 29.4 Å². The molecule has 2 unspecified atom stereocenters. The van der Waals surface area contributed by atoms with Gasteiger partial charge in [0.1, 0.15) is 0 Å². The zero-order valence-electron chi connectivity index (χ0n) is 13.9. The van der Waals surface area contributed by atoms with Crippen molar-refractivity contribution in [1.82, 2.24) is 25.5 Å². The summed E-state index contributed by atoms with van der Waals surface area (Å²) in [6, 6.07) is 10.3. The fourth-order valence-electron chi connectivity index (χ4n) is 3.06. The number of rotatable bonds is 6. The summed E-state index contributed by atoms with van der Waals surface area (Å²) in [5.74, 6) is 0.974. The minimum absolute atomic E-state index is 0.0630. The molecule has 0 spiro atoms. The van der Waals surface area contributed by atoms with Gasteiger partial charge in [0.15, 0.2) is 0 Å². The zero-order valence-corrected chi connectivity index (χ0v) is 14.7. The summed E-state index contributed by atoms with van der Waals surface area (Å²) in [7, 11) is 0. The fraction of sp³-hybridized carbons (Fsp3) is 0.529. The lowest BCUT2D eigenvalue weighted by Gasteiger charge is -2.29. The summed E-state index contributed by atoms with van der Waals surface area (Å²) in [6.07, 6.45) is 4.77. The van der Waals surface area contributed by atoms with Crippen LogP contribution in [-0.2, 0) is 11.3 Å². The second kappa shape index (κ2) is 8.28. The molecule has 1 fully saturated rings. The first-order valence-corrected chi connectivity index (χ1v) is 9.43. The smallest absolute Gasteiger partial charge is 0.230 e. The van der Waals surface area contributed by atoms with E-state index in [-0.39, 0.29) is 5.91 Å². The van der Waals surface area contributed by atoms with Crippen LogP contribution in [0.3, 0.4) is 0 Å². The fourth-order valence-corrected chi connectivity index (χ4v) is 3.75. The number of aromatic nitrogens is 4. The summed E-state index contributed by atoms with van der Waals surface area (Å²) in [5, 5.41) is 15.6. The molecule has 0 saturated heterocycles. The van der Waals surface area contributed by atoms with Gasteiger partial charge in [-0.15, -0.1) is 5.10 Å². The Bertz CT molecular complexity index is 660. The molecule has 2 aromatic rings. The highest BCUT2D eigenvalue weighted by Crippen LogP contribution is 2.24. The number of carbonyl (C=O) groups excluding carboxylic acids is 1. The molecule has 1 N–H and O–H groups in total. The van der Waals surface area contributed by atoms with Gasteiger partial charge in [-0.3, -0.25) is 4.79 Å². The Morgan fingerprint density at radius 1 is 1.29 bits per heavy atom. The zero-order chi connectivity index (χ0) is 16.8. The largest absolute Gasteiger partial charge is 0.352 e. The SMILES string of the molecule is CC1CCCCC1NC(=O)CSc1nnnn1Cc1ccccc1. The van der Waals surface area contributed by atoms with Gasteiger partial charge < -0.3 is 5.32 Å². The maximum Gasteiger partial charge on any atom is 0.230 e. The van der Waals surface area contributed by atoms with Gasteiger partial charge in [0, 0.05) is 6.04 Å². The van der Waals surface area contributed by atoms with E-state index in [1.807, 2.05) is 30.3 Å². The molecule has 3 rings (SSSR count). The Kier molecular flexibility index (Phi) is 5.85. The topological polar surface area (TPSA) is 72.7 Å². The van der Waals surface area contributed by atoms with E-state index in [1.54, 1.807) is 4.68 Å². The predicted octanol–water partition coefficient (Wildman–Crippen LogP) is 2.51. The van der Waals surface area contributed by atoms with Gasteiger partial charge in [0.25, 0.3) is 0 Å². The molecule has 24 heavy (non-hydrogen) atoms. The molecule has 1 aromatic heterocycles. The van der Waals surface area contributed by atoms with Crippen LogP contribution in [0.2, 0.25) is 0 Å². The lowest BCUT2D eigenvalue weighted by molar-refractivity contribution is -0.119. The van der Waals surface area contributed by atoms with Crippen molar-refractivity contribution >= 4 is 17.7 Å². The Morgan fingerprint density at radius 3 is 2.88 bits per heavy atom. The van der Waals surface area contributed by atoms with Crippen molar-refractivity contribution in [2.45, 2.75) is 50.4 Å². The molecule has 128 valence electrons. The average Bonchev–Trinajstić information content (AvgIpc) is 3.03. The molecule has 6 nitrogen and oxygen atoms in total. The number of tetrazole rings is 1. The third-order valence-corrected chi connectivity index (χ3v) is 5.42. The molecule has 0 radical (unpaired) electrons. The molecule has 0 bridgehead atoms. The lowest BCUT2D eigenvalue weighted by atomic mass is 9.86. The first kappa shape index (κ1) is 17.0. The number of hydrogen-bond acceptors (Lipinski definition) is 5. The predicted molar refractivity (Wildman–Crippen MR) is 93.6 cm³/mol. The minimum Gasteiger partial charge on any atom is -0.352 e. The van der Waals surface area contributed by atoms with Gasteiger partial charge in [0.2, 0.25) is 11.1 Å². The quantitative estimate of drug-likeness (QED) is 0.815. The Morgan fingerprint density at radius 2 is 2.08 bits per heavy atom. The minimum atomic E-state index is 0.0630. The normalized spacial score (nSPS) is 20.7. The van der Waals surface area contributed by atoms with Gasteiger partial charge in [-0.25, -0.2) is 4.68 Å². The highest BCUT2D eigenvalue weighted by atomic mass is 32.2. The highest BCUT2D eigenvalue weighted by Gasteiger charge is 2.23. The number of amides is 1. The summed E-state index contributed by atoms with van der Waals surface area (Å²) < 4.78 is 1.73. The van der Waals surface area contributed by atoms with Crippen LogP contribution in [0, 0.1) is 5.92 Å². The molecular formula is C17H23N5OS. The number of hydrogen-bond donors (Lipinski definition) is 1. The van der Waals surface area contributed by atoms with Crippen molar-refractivity contribution in [3.05, 3.63) is 35.9 Å². The molecule has 1 heterocycles. The second-order valence-corrected chi connectivity index (χ2v) is 7.27. The second-order valence-electron chi connectivity index (χ2n) is 6.33. The van der Waals surface area contributed by atoms with Crippen molar-refractivity contribution < 1.29 is 4.79 Å². The highest BCUT2D eigenvalue weighted by molar-refractivity contribution is 7.99. The van der Waals surface area contributed by atoms with Crippen LogP contribution in [-0.4, -0.2) is 37.9 Å². The van der Waals surface area contributed by atoms with Crippen LogP contribution >= 0.6 is 11.8 Å². The number of thioether (sulfide) groups is 1. The first-order valence-electron chi connectivity index (χ1n) is 8.44. The van der Waals surface area contributed by atoms with Crippen molar-refractivity contribution in [3.63, 3.8) is 0 Å². The molecule has 1 aromatic carbocycles. The number of nitrogens with one attached hydrogen (secondary N) is 1. The Balaban J connectivity index is 1.51. The van der Waals surface area contributed by atoms with Gasteiger partial charge in [-0.1, -0.05) is 61.9 Å². The van der Waals surface area contributed by atoms with Crippen LogP contribution < -0.4 is 5.32 Å². The monoisotopic (exact) mass is 345 g/mol. The van der Waals surface area contributed by atoms with Crippen LogP contribution in [0.15, 0.2) is 35.5 Å². The summed E-state index contributed by atoms with van der Waals surface area (Å²) in [4.78, 5) is 12.2. The molecule has 0 aliphatic heterocycles. The maximum absolute atomic E-state index is 12.2. The van der Waals surface area contributed by atoms with Gasteiger partial charge in [-0.05, 0) is 34.7 Å². The van der Waals surface area contributed by atoms with Crippen molar-refractivity contribution in [2.24, 2.45) is 5.92 Å². The van der Waals surface area contributed by atoms with Gasteiger partial charge >= 0.3 is 0 Å². The molecule has 1 aliphatic carbocycles. The maximum atomic E-state index is 12.2. The molecule has 1 amide bonds. The standard InChI is InChI=1S/C17H23N5OS/c1-13-7-5-6-10-15(13)18-16(23)12-24-17-19-20-21-22(17)11-14-8-3-2-4-9-14/h2-4,8-9,13,15H,5-7,10-12H2,1H3,(H,18,23). The average molecular weight is 345 g/mol. The van der Waals surface area contributed by atoms with Crippen LogP contribution in [0.1, 0.15) is 38.2 Å². The van der Waals surface area contributed by atoms with Gasteiger partial charge in [0.05, 0.1) is 12.3 Å². The van der Waals surface area contributed by atoms with E-state index in [9.17, 15) is 4.79 Å². The van der Waals surface area contributed by atoms with Crippen molar-refractivity contribution in [3.8, 4) is 0 Å². The Hall–Kier alpha value is -1.89. The van der Waals surface area contributed by atoms with Gasteiger partial charge in [-0.2, -0.15) is 0 Å². The van der Waals surface area contributed by atoms with E-state index in [4.69, 9.17) is 0 Å². The first-order chi connectivity index (χ1) is 11.7. The van der Waals surface area contributed by atoms with E-state index in [0.717, 1.165) is 12.0 Å². The molecule has 1 saturated carbocycles. The lowest BCUT2D eigenvalue weighted by Crippen LogP contribution is -2.41. The third-order valence-electron chi connectivity index (χ3n) is 4.46. The van der Waals surface area contributed by atoms with Crippen LogP contribution in [0.25, 0.3) is 0 Å². The van der Waals surface area contributed by atoms with E-state index < -0.39 is 0 Å². The molecule has 1 aliphatic rings. The van der Waals surface area contributed by atoms with E-state index in [2.05, 4.69) is 27.8 Å². The Labute approximate surface area is 146 Å². The van der Waals surface area contributed by atoms with Crippen LogP contribution in [0.5, 0.6) is 0 Å². The molecule has 7 heteroatoms. The third kappa shape index (κ3) is 4.56. The summed E-state index contributed by atoms with van der Waals surface area (Å²) >= 11 is 1.39. The van der Waals surface area contributed by atoms with Crippen molar-refractivity contribution in [2.75, 3.05) is 5.75 Å². The molecule has 2 atom stereocenters. The molecular weight excluding hydrogens is 322 g/mol. The number of carbonyl (C=O) groups is 1. The number of nitrogens with zero attached hydrogens (tertiary/aromatic N) is 4. The van der Waals surface area contributed by atoms with E-state index in [1.165, 1.54) is 31.0 Å². The van der Waals surface area contributed by atoms with Crippen molar-refractivity contribution in [1.29, 1.82) is 0 Å². The number of benzene rings is 1. The van der Waals surface area contributed by atoms with E-state index >= 15 is 0 Å².